The lowest BCUT2D eigenvalue weighted by Gasteiger charge is -2.32. The molecule has 0 radical (unpaired) electrons. The molecular weight excluding hydrogens is 280 g/mol. The highest BCUT2D eigenvalue weighted by atomic mass is 79.9. The third-order valence-electron chi connectivity index (χ3n) is 3.37. The molecule has 92 valence electrons. The Labute approximate surface area is 110 Å². The summed E-state index contributed by atoms with van der Waals surface area (Å²) in [5.41, 5.74) is 0.459. The van der Waals surface area contributed by atoms with Crippen LogP contribution in [0.4, 0.5) is 0 Å². The second-order valence-electron chi connectivity index (χ2n) is 4.73. The molecule has 2 nitrogen and oxygen atoms in total. The SMILES string of the molecule is CC1(C(=O)Cc2ccccc2Br)CCCCO1. The van der Waals surface area contributed by atoms with Crippen molar-refractivity contribution >= 4 is 21.7 Å². The van der Waals surface area contributed by atoms with Crippen LogP contribution in [-0.2, 0) is 16.0 Å². The first kappa shape index (κ1) is 12.8. The number of benzene rings is 1. The van der Waals surface area contributed by atoms with Gasteiger partial charge in [0.25, 0.3) is 0 Å². The molecular formula is C14H17BrO2. The van der Waals surface area contributed by atoms with E-state index >= 15 is 0 Å². The van der Waals surface area contributed by atoms with Gasteiger partial charge in [-0.15, -0.1) is 0 Å². The molecule has 0 saturated carbocycles. The summed E-state index contributed by atoms with van der Waals surface area (Å²) < 4.78 is 6.67. The van der Waals surface area contributed by atoms with Gasteiger partial charge in [0.15, 0.2) is 5.78 Å². The molecule has 1 unspecified atom stereocenters. The van der Waals surface area contributed by atoms with Crippen molar-refractivity contribution < 1.29 is 9.53 Å². The van der Waals surface area contributed by atoms with Crippen LogP contribution in [0.15, 0.2) is 28.7 Å². The zero-order chi connectivity index (χ0) is 12.3. The fraction of sp³-hybridized carbons (Fsp3) is 0.500. The van der Waals surface area contributed by atoms with Crippen LogP contribution in [0.1, 0.15) is 31.7 Å². The molecule has 1 saturated heterocycles. The van der Waals surface area contributed by atoms with Crippen LogP contribution in [0.2, 0.25) is 0 Å². The highest BCUT2D eigenvalue weighted by Gasteiger charge is 2.35. The van der Waals surface area contributed by atoms with Gasteiger partial charge in [-0.2, -0.15) is 0 Å². The molecule has 0 aromatic heterocycles. The first-order chi connectivity index (χ1) is 8.12. The zero-order valence-corrected chi connectivity index (χ0v) is 11.6. The van der Waals surface area contributed by atoms with E-state index in [1.54, 1.807) is 0 Å². The number of ether oxygens (including phenoxy) is 1. The first-order valence-electron chi connectivity index (χ1n) is 6.02. The molecule has 1 aliphatic rings. The van der Waals surface area contributed by atoms with Crippen molar-refractivity contribution in [1.29, 1.82) is 0 Å². The van der Waals surface area contributed by atoms with Gasteiger partial charge < -0.3 is 4.74 Å². The lowest BCUT2D eigenvalue weighted by atomic mass is 9.88. The number of hydrogen-bond donors (Lipinski definition) is 0. The highest BCUT2D eigenvalue weighted by molar-refractivity contribution is 9.10. The fourth-order valence-corrected chi connectivity index (χ4v) is 2.58. The molecule has 0 spiro atoms. The molecule has 1 aromatic carbocycles. The van der Waals surface area contributed by atoms with E-state index in [2.05, 4.69) is 15.9 Å². The predicted molar refractivity (Wildman–Crippen MR) is 71.1 cm³/mol. The van der Waals surface area contributed by atoms with E-state index in [1.807, 2.05) is 31.2 Å². The summed E-state index contributed by atoms with van der Waals surface area (Å²) in [5.74, 6) is 0.184. The third kappa shape index (κ3) is 2.96. The number of ketones is 1. The molecule has 0 N–H and O–H groups in total. The lowest BCUT2D eigenvalue weighted by Crippen LogP contribution is -2.42. The molecule has 3 heteroatoms. The average Bonchev–Trinajstić information content (AvgIpc) is 2.33. The van der Waals surface area contributed by atoms with Crippen LogP contribution in [0.3, 0.4) is 0 Å². The fourth-order valence-electron chi connectivity index (χ4n) is 2.16. The van der Waals surface area contributed by atoms with E-state index in [4.69, 9.17) is 4.74 Å². The summed E-state index contributed by atoms with van der Waals surface area (Å²) >= 11 is 3.47. The second-order valence-corrected chi connectivity index (χ2v) is 5.58. The standard InChI is InChI=1S/C14H17BrO2/c1-14(8-4-5-9-17-14)13(16)10-11-6-2-3-7-12(11)15/h2-3,6-7H,4-5,8-10H2,1H3. The maximum Gasteiger partial charge on any atom is 0.168 e. The number of Topliss-reactive ketones (excluding diaryl/α,β-unsaturated/α-hetero) is 1. The van der Waals surface area contributed by atoms with Gasteiger partial charge in [-0.05, 0) is 37.8 Å². The van der Waals surface area contributed by atoms with Gasteiger partial charge in [-0.1, -0.05) is 34.1 Å². The molecule has 0 amide bonds. The number of halogens is 1. The smallest absolute Gasteiger partial charge is 0.168 e. The van der Waals surface area contributed by atoms with Crippen LogP contribution in [0.25, 0.3) is 0 Å². The molecule has 0 aliphatic carbocycles. The van der Waals surface area contributed by atoms with E-state index in [9.17, 15) is 4.79 Å². The van der Waals surface area contributed by atoms with Gasteiger partial charge in [0, 0.05) is 17.5 Å². The number of hydrogen-bond acceptors (Lipinski definition) is 2. The molecule has 1 aromatic rings. The van der Waals surface area contributed by atoms with Crippen molar-refractivity contribution in [2.75, 3.05) is 6.61 Å². The van der Waals surface area contributed by atoms with Crippen LogP contribution in [-0.4, -0.2) is 18.0 Å². The van der Waals surface area contributed by atoms with Crippen LogP contribution < -0.4 is 0 Å². The van der Waals surface area contributed by atoms with E-state index in [0.29, 0.717) is 13.0 Å². The Bertz CT molecular complexity index is 408. The number of carbonyl (C=O) groups is 1. The molecule has 1 atom stereocenters. The highest BCUT2D eigenvalue weighted by Crippen LogP contribution is 2.28. The Morgan fingerprint density at radius 1 is 1.41 bits per heavy atom. The summed E-state index contributed by atoms with van der Waals surface area (Å²) in [5, 5.41) is 0. The molecule has 17 heavy (non-hydrogen) atoms. The topological polar surface area (TPSA) is 26.3 Å². The summed E-state index contributed by atoms with van der Waals surface area (Å²) in [7, 11) is 0. The van der Waals surface area contributed by atoms with Crippen molar-refractivity contribution in [2.45, 2.75) is 38.2 Å². The van der Waals surface area contributed by atoms with Crippen molar-refractivity contribution in [1.82, 2.24) is 0 Å². The van der Waals surface area contributed by atoms with Gasteiger partial charge in [0.2, 0.25) is 0 Å². The van der Waals surface area contributed by atoms with Crippen LogP contribution >= 0.6 is 15.9 Å². The predicted octanol–water partition coefficient (Wildman–Crippen LogP) is 3.52. The normalized spacial score (nSPS) is 24.6. The van der Waals surface area contributed by atoms with Crippen molar-refractivity contribution in [2.24, 2.45) is 0 Å². The van der Waals surface area contributed by atoms with Gasteiger partial charge in [-0.25, -0.2) is 0 Å². The summed E-state index contributed by atoms with van der Waals surface area (Å²) in [6.45, 7) is 2.63. The summed E-state index contributed by atoms with van der Waals surface area (Å²) in [6, 6.07) is 7.86. The molecule has 1 heterocycles. The van der Waals surface area contributed by atoms with Gasteiger partial charge in [-0.3, -0.25) is 4.79 Å². The zero-order valence-electron chi connectivity index (χ0n) is 10.0. The Hall–Kier alpha value is -0.670. The van der Waals surface area contributed by atoms with Crippen LogP contribution in [0.5, 0.6) is 0 Å². The van der Waals surface area contributed by atoms with Crippen molar-refractivity contribution in [3.05, 3.63) is 34.3 Å². The van der Waals surface area contributed by atoms with E-state index in [0.717, 1.165) is 29.3 Å². The maximum absolute atomic E-state index is 12.3. The van der Waals surface area contributed by atoms with Gasteiger partial charge >= 0.3 is 0 Å². The van der Waals surface area contributed by atoms with Gasteiger partial charge in [0.05, 0.1) is 0 Å². The van der Waals surface area contributed by atoms with Crippen molar-refractivity contribution in [3.8, 4) is 0 Å². The number of carbonyl (C=O) groups excluding carboxylic acids is 1. The maximum atomic E-state index is 12.3. The minimum atomic E-state index is -0.576. The Morgan fingerprint density at radius 2 is 2.18 bits per heavy atom. The van der Waals surface area contributed by atoms with E-state index in [1.165, 1.54) is 0 Å². The monoisotopic (exact) mass is 296 g/mol. The Morgan fingerprint density at radius 3 is 2.82 bits per heavy atom. The van der Waals surface area contributed by atoms with Crippen molar-refractivity contribution in [3.63, 3.8) is 0 Å². The minimum absolute atomic E-state index is 0.184. The van der Waals surface area contributed by atoms with E-state index in [-0.39, 0.29) is 5.78 Å². The quantitative estimate of drug-likeness (QED) is 0.853. The molecule has 0 bridgehead atoms. The number of rotatable bonds is 3. The molecule has 1 fully saturated rings. The van der Waals surface area contributed by atoms with Gasteiger partial charge in [0.1, 0.15) is 5.60 Å². The summed E-state index contributed by atoms with van der Waals surface area (Å²) in [6.07, 6.45) is 3.43. The first-order valence-corrected chi connectivity index (χ1v) is 6.82. The summed E-state index contributed by atoms with van der Waals surface area (Å²) in [4.78, 5) is 12.3. The lowest BCUT2D eigenvalue weighted by molar-refractivity contribution is -0.147. The Kier molecular flexibility index (Phi) is 4.00. The van der Waals surface area contributed by atoms with Crippen LogP contribution in [0, 0.1) is 0 Å². The molecule has 2 rings (SSSR count). The largest absolute Gasteiger partial charge is 0.367 e. The van der Waals surface area contributed by atoms with E-state index < -0.39 is 5.60 Å². The minimum Gasteiger partial charge on any atom is -0.367 e. The molecule has 1 aliphatic heterocycles. The average molecular weight is 297 g/mol. The second kappa shape index (κ2) is 5.32. The third-order valence-corrected chi connectivity index (χ3v) is 4.14. The Balaban J connectivity index is 2.08.